The van der Waals surface area contributed by atoms with E-state index < -0.39 is 89.7 Å². The van der Waals surface area contributed by atoms with Crippen molar-refractivity contribution in [3.63, 3.8) is 0 Å². The fourth-order valence-corrected chi connectivity index (χ4v) is 10.5. The quantitative estimate of drug-likeness (QED) is 0.0624. The summed E-state index contributed by atoms with van der Waals surface area (Å²) in [6.07, 6.45) is 8.65. The maximum atomic E-state index is 15.9. The molecule has 3 heterocycles. The molecule has 8 atom stereocenters. The molecular weight excluding hydrogens is 879 g/mol. The predicted molar refractivity (Wildman–Crippen MR) is 260 cm³/mol. The summed E-state index contributed by atoms with van der Waals surface area (Å²) in [5, 5.41) is 25.1. The number of amides is 2. The summed E-state index contributed by atoms with van der Waals surface area (Å²) in [6.45, 7) is 9.32. The molecule has 2 bridgehead atoms. The van der Waals surface area contributed by atoms with Crippen LogP contribution in [-0.2, 0) is 62.3 Å². The largest absolute Gasteiger partial charge is 0.508 e. The molecule has 0 aromatic heterocycles. The Morgan fingerprint density at radius 3 is 2.23 bits per heavy atom. The number of carbonyl (C=O) groups excluding carboxylic acids is 4. The Labute approximate surface area is 407 Å². The van der Waals surface area contributed by atoms with Gasteiger partial charge in [0.2, 0.25) is 11.8 Å². The van der Waals surface area contributed by atoms with Crippen LogP contribution in [0.2, 0.25) is 0 Å². The van der Waals surface area contributed by atoms with Gasteiger partial charge in [0.05, 0.1) is 19.2 Å². The fourth-order valence-electron chi connectivity index (χ4n) is 10.5. The van der Waals surface area contributed by atoms with Crippen LogP contribution in [0.15, 0.2) is 84.9 Å². The number of aliphatic hydroxyl groups is 1. The van der Waals surface area contributed by atoms with Gasteiger partial charge in [-0.2, -0.15) is 5.06 Å². The van der Waals surface area contributed by atoms with Gasteiger partial charge in [-0.3, -0.25) is 24.0 Å². The van der Waals surface area contributed by atoms with E-state index in [0.29, 0.717) is 19.3 Å². The molecule has 3 N–H and O–H groups in total. The van der Waals surface area contributed by atoms with Gasteiger partial charge < -0.3 is 39.4 Å². The zero-order valence-electron chi connectivity index (χ0n) is 41.3. The minimum absolute atomic E-state index is 0.0356. The van der Waals surface area contributed by atoms with Crippen LogP contribution < -0.4 is 5.32 Å². The highest BCUT2D eigenvalue weighted by Crippen LogP contribution is 2.58. The van der Waals surface area contributed by atoms with Crippen molar-refractivity contribution in [3.8, 4) is 5.75 Å². The van der Waals surface area contributed by atoms with Gasteiger partial charge in [-0.15, -0.1) is 0 Å². The third-order valence-electron chi connectivity index (χ3n) is 14.0. The number of aliphatic hydroxyl groups excluding tert-OH is 1. The smallest absolute Gasteiger partial charge is 0.327 e. The first-order valence-electron chi connectivity index (χ1n) is 25.1. The van der Waals surface area contributed by atoms with Crippen LogP contribution in [0.5, 0.6) is 5.75 Å². The number of fused-ring (bicyclic) bond motifs is 4. The van der Waals surface area contributed by atoms with E-state index in [4.69, 9.17) is 23.8 Å². The lowest BCUT2D eigenvalue weighted by Gasteiger charge is -2.50. The number of hydrogen-bond donors (Lipinski definition) is 3. The highest BCUT2D eigenvalue weighted by molar-refractivity contribution is 5.96. The van der Waals surface area contributed by atoms with Gasteiger partial charge in [-0.05, 0) is 74.8 Å². The van der Waals surface area contributed by atoms with Crippen molar-refractivity contribution in [2.24, 2.45) is 5.41 Å². The Kier molecular flexibility index (Phi) is 17.1. The Hall–Kier alpha value is -5.12. The SMILES string of the molecule is CCCCCC1(CCCCC)O[C@@H]2[C@H](O1)[C@H]1ON(Cc3ccc(C=CCc4ccccc4O)cc3)[C@H]3C(=O)O[C@@H]2C[C@@]13C(=O)N(C)[C@H](Cc1ccccc1)C(=O)N[C@H](CO)CCC(=O)OC(C)(C)C. The van der Waals surface area contributed by atoms with Crippen LogP contribution in [0, 0.1) is 5.41 Å². The maximum absolute atomic E-state index is 15.9. The molecule has 1 saturated carbocycles. The van der Waals surface area contributed by atoms with Crippen molar-refractivity contribution in [2.75, 3.05) is 13.7 Å². The van der Waals surface area contributed by atoms with Gasteiger partial charge in [0.25, 0.3) is 0 Å². The Balaban J connectivity index is 1.21. The molecule has 3 aromatic rings. The van der Waals surface area contributed by atoms with Crippen molar-refractivity contribution in [1.82, 2.24) is 15.3 Å². The summed E-state index contributed by atoms with van der Waals surface area (Å²) >= 11 is 0. The maximum Gasteiger partial charge on any atom is 0.327 e. The second-order valence-electron chi connectivity index (χ2n) is 20.3. The molecule has 0 spiro atoms. The van der Waals surface area contributed by atoms with Gasteiger partial charge in [0.1, 0.15) is 47.2 Å². The van der Waals surface area contributed by atoms with Gasteiger partial charge in [0.15, 0.2) is 11.8 Å². The number of esters is 2. The molecule has 3 aliphatic heterocycles. The summed E-state index contributed by atoms with van der Waals surface area (Å²) in [5.41, 5.74) is 1.15. The fraction of sp³-hybridized carbons (Fsp3) is 0.564. The second-order valence-corrected chi connectivity index (χ2v) is 20.3. The van der Waals surface area contributed by atoms with Crippen LogP contribution in [0.3, 0.4) is 0 Å². The van der Waals surface area contributed by atoms with E-state index in [9.17, 15) is 24.6 Å². The first-order chi connectivity index (χ1) is 33.1. The average molecular weight is 952 g/mol. The normalized spacial score (nSPS) is 24.6. The summed E-state index contributed by atoms with van der Waals surface area (Å²) < 4.78 is 25.9. The topological polar surface area (TPSA) is 173 Å². The van der Waals surface area contributed by atoms with E-state index in [0.717, 1.165) is 60.8 Å². The number of nitrogens with zero attached hydrogens (tertiary/aromatic N) is 2. The Morgan fingerprint density at radius 2 is 1.58 bits per heavy atom. The van der Waals surface area contributed by atoms with Crippen LogP contribution >= 0.6 is 0 Å². The Bertz CT molecular complexity index is 2240. The number of ether oxygens (including phenoxy) is 4. The molecule has 69 heavy (non-hydrogen) atoms. The molecular formula is C55H73N3O11. The van der Waals surface area contributed by atoms with Gasteiger partial charge in [-0.1, -0.05) is 124 Å². The number of hydroxylamine groups is 2. The highest BCUT2D eigenvalue weighted by Gasteiger charge is 2.76. The summed E-state index contributed by atoms with van der Waals surface area (Å²) in [5.74, 6) is -2.76. The van der Waals surface area contributed by atoms with Crippen molar-refractivity contribution < 1.29 is 53.2 Å². The van der Waals surface area contributed by atoms with Gasteiger partial charge in [-0.25, -0.2) is 0 Å². The average Bonchev–Trinajstić information content (AvgIpc) is 3.88. The number of phenols is 1. The zero-order valence-corrected chi connectivity index (χ0v) is 41.3. The van der Waals surface area contributed by atoms with Crippen LogP contribution in [0.25, 0.3) is 6.08 Å². The lowest BCUT2D eigenvalue weighted by molar-refractivity contribution is -0.225. The molecule has 0 unspecified atom stereocenters. The number of unbranched alkanes of at least 4 members (excludes halogenated alkanes) is 4. The number of nitrogens with one attached hydrogen (secondary N) is 1. The Morgan fingerprint density at radius 1 is 0.913 bits per heavy atom. The van der Waals surface area contributed by atoms with Gasteiger partial charge >= 0.3 is 11.9 Å². The van der Waals surface area contributed by atoms with E-state index >= 15 is 4.79 Å². The molecule has 14 heteroatoms. The van der Waals surface area contributed by atoms with Crippen molar-refractivity contribution in [2.45, 2.75) is 179 Å². The molecule has 14 nitrogen and oxygen atoms in total. The van der Waals surface area contributed by atoms with E-state index in [2.05, 4.69) is 19.2 Å². The molecule has 2 amide bonds. The van der Waals surface area contributed by atoms with Crippen molar-refractivity contribution in [1.29, 1.82) is 0 Å². The third kappa shape index (κ3) is 12.1. The zero-order chi connectivity index (χ0) is 49.3. The van der Waals surface area contributed by atoms with E-state index in [1.54, 1.807) is 45.0 Å². The van der Waals surface area contributed by atoms with E-state index in [-0.39, 0.29) is 38.0 Å². The molecule has 3 aromatic carbocycles. The second kappa shape index (κ2) is 22.7. The van der Waals surface area contributed by atoms with Crippen molar-refractivity contribution in [3.05, 3.63) is 107 Å². The van der Waals surface area contributed by atoms with Crippen molar-refractivity contribution >= 4 is 29.8 Å². The van der Waals surface area contributed by atoms with Crippen LogP contribution in [0.4, 0.5) is 0 Å². The number of benzene rings is 3. The summed E-state index contributed by atoms with van der Waals surface area (Å²) in [7, 11) is 1.58. The molecule has 4 aliphatic rings. The molecule has 4 fully saturated rings. The highest BCUT2D eigenvalue weighted by atomic mass is 16.8. The third-order valence-corrected chi connectivity index (χ3v) is 14.0. The number of allylic oxidation sites excluding steroid dienone is 1. The molecule has 3 saturated heterocycles. The first kappa shape index (κ1) is 51.7. The molecule has 1 aliphatic carbocycles. The van der Waals surface area contributed by atoms with E-state index in [1.807, 2.05) is 78.9 Å². The summed E-state index contributed by atoms with van der Waals surface area (Å²) in [6, 6.07) is 21.3. The number of hydrogen-bond acceptors (Lipinski definition) is 12. The lowest BCUT2D eigenvalue weighted by Crippen LogP contribution is -2.70. The minimum atomic E-state index is -1.55. The monoisotopic (exact) mass is 952 g/mol. The number of para-hydroxylation sites is 1. The molecule has 7 rings (SSSR count). The van der Waals surface area contributed by atoms with Gasteiger partial charge in [0, 0.05) is 39.2 Å². The first-order valence-corrected chi connectivity index (χ1v) is 25.1. The number of carbonyl (C=O) groups is 4. The summed E-state index contributed by atoms with van der Waals surface area (Å²) in [4.78, 5) is 66.3. The molecule has 0 radical (unpaired) electrons. The lowest BCUT2D eigenvalue weighted by atomic mass is 9.62. The predicted octanol–water partition coefficient (Wildman–Crippen LogP) is 7.76. The van der Waals surface area contributed by atoms with Crippen LogP contribution in [0.1, 0.15) is 128 Å². The number of likely N-dealkylation sites (N-methyl/N-ethyl adjacent to an activating group) is 1. The van der Waals surface area contributed by atoms with E-state index in [1.165, 1.54) is 4.90 Å². The number of aromatic hydroxyl groups is 1. The number of phenolic OH excluding ortho intramolecular Hbond substituents is 1. The molecule has 374 valence electrons. The van der Waals surface area contributed by atoms with Crippen LogP contribution in [-0.4, -0.2) is 112 Å². The minimum Gasteiger partial charge on any atom is -0.508 e. The standard InChI is InChI=1S/C55H73N3O11/c1-7-9-16-31-54(32-17-10-8-2)67-46-44-34-55(52(64)57(6)42(33-38-19-12-11-13-20-38)50(62)56-41(36-59)29-30-45(61)66-53(3,4)5)48(51(63)65-44)58(69-49(55)47(46)68-54)35-39-27-25-37(26-28-39)21-18-23-40-22-14-15-24-43(40)60/h11-15,18-22,24-28,41-42,44,46-49,59-60H,7-10,16-17,23,29-36H2,1-6H3,(H,56,62)/t41-,42+,44+,46-,47-,48-,49+,55-/m0/s1. The number of rotatable bonds is 23.